The SMILES string of the molecule is COCC(C(C)C)N1CC(=O)NCC1=O. The lowest BCUT2D eigenvalue weighted by Crippen LogP contribution is -2.57. The summed E-state index contributed by atoms with van der Waals surface area (Å²) in [7, 11) is 1.60. The van der Waals surface area contributed by atoms with Crippen LogP contribution in [0.5, 0.6) is 0 Å². The minimum atomic E-state index is -0.101. The zero-order valence-electron chi connectivity index (χ0n) is 9.45. The Labute approximate surface area is 89.8 Å². The Morgan fingerprint density at radius 1 is 1.47 bits per heavy atom. The van der Waals surface area contributed by atoms with Gasteiger partial charge in [-0.15, -0.1) is 0 Å². The van der Waals surface area contributed by atoms with E-state index in [1.807, 2.05) is 13.8 Å². The van der Waals surface area contributed by atoms with Crippen molar-refractivity contribution in [2.45, 2.75) is 19.9 Å². The molecule has 0 aliphatic carbocycles. The van der Waals surface area contributed by atoms with Crippen LogP contribution in [0.15, 0.2) is 0 Å². The Hall–Kier alpha value is -1.10. The van der Waals surface area contributed by atoms with E-state index in [-0.39, 0.29) is 36.9 Å². The molecule has 1 unspecified atom stereocenters. The van der Waals surface area contributed by atoms with Crippen LogP contribution in [0, 0.1) is 5.92 Å². The molecule has 5 nitrogen and oxygen atoms in total. The summed E-state index contributed by atoms with van der Waals surface area (Å²) in [5.74, 6) is 0.140. The van der Waals surface area contributed by atoms with E-state index in [4.69, 9.17) is 4.74 Å². The molecule has 5 heteroatoms. The highest BCUT2D eigenvalue weighted by atomic mass is 16.5. The van der Waals surface area contributed by atoms with E-state index in [9.17, 15) is 9.59 Å². The third kappa shape index (κ3) is 2.92. The molecular weight excluding hydrogens is 196 g/mol. The number of ether oxygens (including phenoxy) is 1. The molecule has 1 aliphatic heterocycles. The van der Waals surface area contributed by atoms with Gasteiger partial charge in [0.2, 0.25) is 11.8 Å². The summed E-state index contributed by atoms with van der Waals surface area (Å²) in [6.45, 7) is 4.75. The molecule has 0 aromatic heterocycles. The van der Waals surface area contributed by atoms with Crippen molar-refractivity contribution in [2.24, 2.45) is 5.92 Å². The predicted molar refractivity (Wildman–Crippen MR) is 55.2 cm³/mol. The number of hydrogen-bond acceptors (Lipinski definition) is 3. The molecule has 1 rings (SSSR count). The smallest absolute Gasteiger partial charge is 0.242 e. The van der Waals surface area contributed by atoms with Gasteiger partial charge in [0.1, 0.15) is 0 Å². The summed E-state index contributed by atoms with van der Waals surface area (Å²) in [6.07, 6.45) is 0. The summed E-state index contributed by atoms with van der Waals surface area (Å²) in [4.78, 5) is 24.4. The molecular formula is C10H18N2O3. The average Bonchev–Trinajstić information content (AvgIpc) is 2.18. The number of nitrogens with zero attached hydrogens (tertiary/aromatic N) is 1. The monoisotopic (exact) mass is 214 g/mol. The first-order valence-electron chi connectivity index (χ1n) is 5.11. The van der Waals surface area contributed by atoms with E-state index < -0.39 is 0 Å². The lowest BCUT2D eigenvalue weighted by Gasteiger charge is -2.36. The van der Waals surface area contributed by atoms with Gasteiger partial charge >= 0.3 is 0 Å². The minimum absolute atomic E-state index is 0.0199. The van der Waals surface area contributed by atoms with Crippen LogP contribution in [0.3, 0.4) is 0 Å². The van der Waals surface area contributed by atoms with Crippen LogP contribution in [0.2, 0.25) is 0 Å². The number of methoxy groups -OCH3 is 1. The molecule has 1 aliphatic rings. The van der Waals surface area contributed by atoms with Gasteiger partial charge in [0.05, 0.1) is 25.7 Å². The van der Waals surface area contributed by atoms with Gasteiger partial charge in [-0.2, -0.15) is 0 Å². The van der Waals surface area contributed by atoms with Gasteiger partial charge in [0.25, 0.3) is 0 Å². The second-order valence-electron chi connectivity index (χ2n) is 4.07. The molecule has 1 atom stereocenters. The number of carbonyl (C=O) groups is 2. The third-order valence-corrected chi connectivity index (χ3v) is 2.58. The van der Waals surface area contributed by atoms with Crippen molar-refractivity contribution < 1.29 is 14.3 Å². The number of rotatable bonds is 4. The lowest BCUT2D eigenvalue weighted by molar-refractivity contribution is -0.145. The lowest BCUT2D eigenvalue weighted by atomic mass is 10.0. The van der Waals surface area contributed by atoms with E-state index >= 15 is 0 Å². The zero-order chi connectivity index (χ0) is 11.4. The van der Waals surface area contributed by atoms with Crippen LogP contribution in [0.25, 0.3) is 0 Å². The highest BCUT2D eigenvalue weighted by Gasteiger charge is 2.31. The first-order valence-corrected chi connectivity index (χ1v) is 5.11. The maximum Gasteiger partial charge on any atom is 0.242 e. The van der Waals surface area contributed by atoms with Gasteiger partial charge in [-0.1, -0.05) is 13.8 Å². The molecule has 1 heterocycles. The summed E-state index contributed by atoms with van der Waals surface area (Å²) < 4.78 is 5.08. The van der Waals surface area contributed by atoms with Crippen molar-refractivity contribution in [3.05, 3.63) is 0 Å². The van der Waals surface area contributed by atoms with Gasteiger partial charge in [-0.25, -0.2) is 0 Å². The van der Waals surface area contributed by atoms with Crippen LogP contribution >= 0.6 is 0 Å². The van der Waals surface area contributed by atoms with E-state index in [1.54, 1.807) is 12.0 Å². The fraction of sp³-hybridized carbons (Fsp3) is 0.800. The van der Waals surface area contributed by atoms with Crippen molar-refractivity contribution in [2.75, 3.05) is 26.8 Å². The summed E-state index contributed by atoms with van der Waals surface area (Å²) in [5.41, 5.74) is 0. The highest BCUT2D eigenvalue weighted by Crippen LogP contribution is 2.13. The summed E-state index contributed by atoms with van der Waals surface area (Å²) >= 11 is 0. The van der Waals surface area contributed by atoms with E-state index in [0.29, 0.717) is 6.61 Å². The Morgan fingerprint density at radius 2 is 2.13 bits per heavy atom. The third-order valence-electron chi connectivity index (χ3n) is 2.58. The van der Waals surface area contributed by atoms with E-state index in [0.717, 1.165) is 0 Å². The van der Waals surface area contributed by atoms with Crippen LogP contribution in [-0.4, -0.2) is 49.6 Å². The first kappa shape index (κ1) is 12.0. The van der Waals surface area contributed by atoms with Gasteiger partial charge in [-0.05, 0) is 5.92 Å². The van der Waals surface area contributed by atoms with E-state index in [2.05, 4.69) is 5.32 Å². The van der Waals surface area contributed by atoms with Gasteiger partial charge in [-0.3, -0.25) is 9.59 Å². The molecule has 1 fully saturated rings. The normalized spacial score (nSPS) is 19.3. The fourth-order valence-corrected chi connectivity index (χ4v) is 1.69. The van der Waals surface area contributed by atoms with Crippen molar-refractivity contribution in [1.29, 1.82) is 0 Å². The molecule has 1 saturated heterocycles. The maximum absolute atomic E-state index is 11.6. The number of amides is 2. The molecule has 0 aromatic carbocycles. The Bertz CT molecular complexity index is 253. The van der Waals surface area contributed by atoms with Crippen LogP contribution in [0.4, 0.5) is 0 Å². The quantitative estimate of drug-likeness (QED) is 0.693. The number of nitrogens with one attached hydrogen (secondary N) is 1. The second kappa shape index (κ2) is 5.11. The molecule has 0 saturated carbocycles. The van der Waals surface area contributed by atoms with Crippen molar-refractivity contribution in [3.8, 4) is 0 Å². The molecule has 15 heavy (non-hydrogen) atoms. The Balaban J connectivity index is 2.71. The first-order chi connectivity index (χ1) is 7.06. The fourth-order valence-electron chi connectivity index (χ4n) is 1.69. The maximum atomic E-state index is 11.6. The Kier molecular flexibility index (Phi) is 4.08. The Morgan fingerprint density at radius 3 is 2.67 bits per heavy atom. The predicted octanol–water partition coefficient (Wildman–Crippen LogP) is -0.384. The number of hydrogen-bond donors (Lipinski definition) is 1. The molecule has 2 amide bonds. The molecule has 0 radical (unpaired) electrons. The molecule has 0 bridgehead atoms. The zero-order valence-corrected chi connectivity index (χ0v) is 9.45. The molecule has 0 spiro atoms. The van der Waals surface area contributed by atoms with Gasteiger partial charge < -0.3 is 15.0 Å². The highest BCUT2D eigenvalue weighted by molar-refractivity contribution is 5.92. The van der Waals surface area contributed by atoms with Crippen LogP contribution in [-0.2, 0) is 14.3 Å². The van der Waals surface area contributed by atoms with Crippen molar-refractivity contribution >= 4 is 11.8 Å². The van der Waals surface area contributed by atoms with Gasteiger partial charge in [0, 0.05) is 7.11 Å². The number of carbonyl (C=O) groups excluding carboxylic acids is 2. The molecule has 1 N–H and O–H groups in total. The molecule has 86 valence electrons. The topological polar surface area (TPSA) is 58.6 Å². The number of piperazine rings is 1. The minimum Gasteiger partial charge on any atom is -0.383 e. The van der Waals surface area contributed by atoms with Crippen LogP contribution in [0.1, 0.15) is 13.8 Å². The van der Waals surface area contributed by atoms with Gasteiger partial charge in [0.15, 0.2) is 0 Å². The van der Waals surface area contributed by atoms with Crippen molar-refractivity contribution in [3.63, 3.8) is 0 Å². The molecule has 0 aromatic rings. The van der Waals surface area contributed by atoms with Crippen molar-refractivity contribution in [1.82, 2.24) is 10.2 Å². The summed E-state index contributed by atoms with van der Waals surface area (Å²) in [5, 5.41) is 2.53. The average molecular weight is 214 g/mol. The van der Waals surface area contributed by atoms with Crippen LogP contribution < -0.4 is 5.32 Å². The largest absolute Gasteiger partial charge is 0.383 e. The standard InChI is InChI=1S/C10H18N2O3/c1-7(2)8(6-15-3)12-5-9(13)11-4-10(12)14/h7-8H,4-6H2,1-3H3,(H,11,13). The van der Waals surface area contributed by atoms with E-state index in [1.165, 1.54) is 0 Å². The summed E-state index contributed by atoms with van der Waals surface area (Å²) in [6, 6.07) is -0.0199. The second-order valence-corrected chi connectivity index (χ2v) is 4.07.